The summed E-state index contributed by atoms with van der Waals surface area (Å²) in [7, 11) is 0. The largest absolute Gasteiger partial charge is 0.459 e. The molecule has 4 heterocycles. The van der Waals surface area contributed by atoms with E-state index in [-0.39, 0.29) is 11.7 Å². The second-order valence-electron chi connectivity index (χ2n) is 9.47. The Balaban J connectivity index is 1.13. The number of benzene rings is 2. The van der Waals surface area contributed by atoms with Gasteiger partial charge in [0.15, 0.2) is 11.6 Å². The minimum atomic E-state index is -0.321. The van der Waals surface area contributed by atoms with Crippen LogP contribution >= 0.6 is 11.6 Å². The fraction of sp³-hybridized carbons (Fsp3) is 0.233. The number of nitrogens with zero attached hydrogens (tertiary/aromatic N) is 3. The van der Waals surface area contributed by atoms with E-state index in [0.29, 0.717) is 22.9 Å². The predicted molar refractivity (Wildman–Crippen MR) is 149 cm³/mol. The molecule has 2 aromatic carbocycles. The molecule has 1 N–H and O–H groups in total. The maximum Gasteiger partial charge on any atom is 0.291 e. The molecule has 0 aliphatic carbocycles. The van der Waals surface area contributed by atoms with Gasteiger partial charge in [0, 0.05) is 59.7 Å². The summed E-state index contributed by atoms with van der Waals surface area (Å²) in [6.45, 7) is 4.74. The summed E-state index contributed by atoms with van der Waals surface area (Å²) < 4.78 is 10.6. The van der Waals surface area contributed by atoms with E-state index in [1.165, 1.54) is 11.8 Å². The van der Waals surface area contributed by atoms with Crippen molar-refractivity contribution in [2.75, 3.05) is 38.2 Å². The van der Waals surface area contributed by atoms with Gasteiger partial charge in [-0.15, -0.1) is 0 Å². The Kier molecular flexibility index (Phi) is 7.05. The van der Waals surface area contributed by atoms with Crippen LogP contribution in [0.1, 0.15) is 27.2 Å². The molecule has 0 bridgehead atoms. The average Bonchev–Trinajstić information content (AvgIpc) is 3.64. The Labute approximate surface area is 226 Å². The lowest BCUT2D eigenvalue weighted by Gasteiger charge is -2.26. The van der Waals surface area contributed by atoms with E-state index in [0.717, 1.165) is 67.2 Å². The molecule has 4 aromatic rings. The van der Waals surface area contributed by atoms with Crippen LogP contribution < -0.4 is 5.32 Å². The highest BCUT2D eigenvalue weighted by Crippen LogP contribution is 2.33. The van der Waals surface area contributed by atoms with Gasteiger partial charge in [-0.05, 0) is 53.9 Å². The van der Waals surface area contributed by atoms with Gasteiger partial charge in [0.05, 0.1) is 25.2 Å². The molecule has 6 rings (SSSR count). The number of nitrogens with one attached hydrogen (secondary N) is 1. The Morgan fingerprint density at radius 1 is 1.03 bits per heavy atom. The van der Waals surface area contributed by atoms with Crippen LogP contribution in [-0.4, -0.2) is 54.4 Å². The second kappa shape index (κ2) is 10.9. The van der Waals surface area contributed by atoms with Gasteiger partial charge in [-0.25, -0.2) is 9.98 Å². The first-order chi connectivity index (χ1) is 18.6. The van der Waals surface area contributed by atoms with E-state index in [1.54, 1.807) is 24.3 Å². The number of pyridine rings is 1. The summed E-state index contributed by atoms with van der Waals surface area (Å²) in [6, 6.07) is 19.5. The number of anilines is 1. The predicted octanol–water partition coefficient (Wildman–Crippen LogP) is 5.80. The number of hydrogen-bond acceptors (Lipinski definition) is 6. The van der Waals surface area contributed by atoms with Crippen molar-refractivity contribution in [3.63, 3.8) is 0 Å². The minimum absolute atomic E-state index is 0.244. The van der Waals surface area contributed by atoms with E-state index < -0.39 is 0 Å². The number of furan rings is 1. The van der Waals surface area contributed by atoms with Crippen LogP contribution in [0, 0.1) is 0 Å². The molecule has 7 nitrogen and oxygen atoms in total. The van der Waals surface area contributed by atoms with Gasteiger partial charge < -0.3 is 14.5 Å². The van der Waals surface area contributed by atoms with Crippen molar-refractivity contribution >= 4 is 34.7 Å². The van der Waals surface area contributed by atoms with Crippen LogP contribution in [0.15, 0.2) is 82.5 Å². The van der Waals surface area contributed by atoms with Crippen LogP contribution in [0.4, 0.5) is 11.5 Å². The van der Waals surface area contributed by atoms with Crippen molar-refractivity contribution in [3.05, 3.63) is 101 Å². The van der Waals surface area contributed by atoms with E-state index >= 15 is 0 Å². The van der Waals surface area contributed by atoms with Crippen LogP contribution in [-0.2, 0) is 17.6 Å². The number of halogens is 1. The molecule has 1 saturated heterocycles. The number of aromatic nitrogens is 1. The quantitative estimate of drug-likeness (QED) is 0.329. The lowest BCUT2D eigenvalue weighted by molar-refractivity contribution is 0.0384. The number of hydrogen-bond donors (Lipinski definition) is 1. The number of carbonyl (C=O) groups is 1. The second-order valence-corrected chi connectivity index (χ2v) is 9.88. The van der Waals surface area contributed by atoms with Crippen molar-refractivity contribution in [1.29, 1.82) is 0 Å². The molecule has 2 aromatic heterocycles. The van der Waals surface area contributed by atoms with E-state index in [4.69, 9.17) is 25.7 Å². The molecule has 0 atom stereocenters. The first-order valence-corrected chi connectivity index (χ1v) is 13.1. The number of amides is 1. The van der Waals surface area contributed by atoms with Crippen molar-refractivity contribution in [1.82, 2.24) is 9.88 Å². The maximum atomic E-state index is 12.4. The summed E-state index contributed by atoms with van der Waals surface area (Å²) in [5, 5.41) is 3.42. The third kappa shape index (κ3) is 5.41. The number of carbonyl (C=O) groups excluding carboxylic acids is 1. The van der Waals surface area contributed by atoms with Crippen molar-refractivity contribution < 1.29 is 13.9 Å². The van der Waals surface area contributed by atoms with Crippen LogP contribution in [0.25, 0.3) is 11.1 Å². The summed E-state index contributed by atoms with van der Waals surface area (Å²) >= 11 is 6.53. The SMILES string of the molecule is O=C(Nc1ccc(Cl)c(C2=Nc3ncc(-c4ccc(CCN5CCOCC5)cc4)cc3C2)c1)c1ccco1. The van der Waals surface area contributed by atoms with Crippen LogP contribution in [0.3, 0.4) is 0 Å². The number of morpholine rings is 1. The molecule has 0 saturated carbocycles. The first kappa shape index (κ1) is 24.6. The summed E-state index contributed by atoms with van der Waals surface area (Å²) in [5.74, 6) is 0.624. The smallest absolute Gasteiger partial charge is 0.291 e. The van der Waals surface area contributed by atoms with E-state index in [1.807, 2.05) is 12.3 Å². The summed E-state index contributed by atoms with van der Waals surface area (Å²) in [6.07, 6.45) is 4.98. The molecule has 2 aliphatic rings. The molecule has 0 radical (unpaired) electrons. The van der Waals surface area contributed by atoms with Crippen molar-refractivity contribution in [2.24, 2.45) is 4.99 Å². The lowest BCUT2D eigenvalue weighted by atomic mass is 10.00. The zero-order valence-electron chi connectivity index (χ0n) is 20.8. The maximum absolute atomic E-state index is 12.4. The third-order valence-electron chi connectivity index (χ3n) is 6.93. The van der Waals surface area contributed by atoms with Crippen molar-refractivity contribution in [2.45, 2.75) is 12.8 Å². The van der Waals surface area contributed by atoms with Gasteiger partial charge in [0.25, 0.3) is 5.91 Å². The Hall–Kier alpha value is -3.78. The fourth-order valence-corrected chi connectivity index (χ4v) is 5.02. The van der Waals surface area contributed by atoms with Gasteiger partial charge in [-0.3, -0.25) is 9.69 Å². The summed E-state index contributed by atoms with van der Waals surface area (Å²) in [5.41, 5.74) is 6.78. The highest BCUT2D eigenvalue weighted by Gasteiger charge is 2.21. The minimum Gasteiger partial charge on any atom is -0.459 e. The molecular weight excluding hydrogens is 500 g/mol. The zero-order valence-corrected chi connectivity index (χ0v) is 21.6. The molecule has 192 valence electrons. The monoisotopic (exact) mass is 526 g/mol. The number of fused-ring (bicyclic) bond motifs is 1. The van der Waals surface area contributed by atoms with Gasteiger partial charge in [0.2, 0.25) is 0 Å². The van der Waals surface area contributed by atoms with Gasteiger partial charge in [-0.1, -0.05) is 35.9 Å². The van der Waals surface area contributed by atoms with E-state index in [9.17, 15) is 4.79 Å². The molecule has 1 fully saturated rings. The van der Waals surface area contributed by atoms with Crippen LogP contribution in [0.5, 0.6) is 0 Å². The topological polar surface area (TPSA) is 80.0 Å². The number of ether oxygens (including phenoxy) is 1. The molecule has 2 aliphatic heterocycles. The van der Waals surface area contributed by atoms with Gasteiger partial charge >= 0.3 is 0 Å². The molecule has 1 amide bonds. The molecular formula is C30H27ClN4O3. The summed E-state index contributed by atoms with van der Waals surface area (Å²) in [4.78, 5) is 24.2. The highest BCUT2D eigenvalue weighted by molar-refractivity contribution is 6.34. The molecule has 0 spiro atoms. The Morgan fingerprint density at radius 2 is 1.87 bits per heavy atom. The molecule has 38 heavy (non-hydrogen) atoms. The fourth-order valence-electron chi connectivity index (χ4n) is 4.80. The lowest BCUT2D eigenvalue weighted by Crippen LogP contribution is -2.37. The standard InChI is InChI=1S/C30H27ClN4O3/c31-26-8-7-24(33-30(36)28-2-1-13-38-28)18-25(26)27-17-22-16-23(19-32-29(22)34-27)21-5-3-20(4-6-21)9-10-35-11-14-37-15-12-35/h1-8,13,16,18-19H,9-12,14-15,17H2,(H,33,36). The third-order valence-corrected chi connectivity index (χ3v) is 7.26. The first-order valence-electron chi connectivity index (χ1n) is 12.7. The normalized spacial score (nSPS) is 15.2. The number of aliphatic imine (C=N–C) groups is 1. The van der Waals surface area contributed by atoms with E-state index in [2.05, 4.69) is 45.5 Å². The molecule has 0 unspecified atom stereocenters. The number of rotatable bonds is 7. The Morgan fingerprint density at radius 3 is 2.66 bits per heavy atom. The van der Waals surface area contributed by atoms with Crippen LogP contribution in [0.2, 0.25) is 5.02 Å². The highest BCUT2D eigenvalue weighted by atomic mass is 35.5. The Bertz CT molecular complexity index is 1480. The van der Waals surface area contributed by atoms with Gasteiger partial charge in [-0.2, -0.15) is 0 Å². The molecule has 8 heteroatoms. The average molecular weight is 527 g/mol. The van der Waals surface area contributed by atoms with Crippen molar-refractivity contribution in [3.8, 4) is 11.1 Å². The van der Waals surface area contributed by atoms with Gasteiger partial charge in [0.1, 0.15) is 0 Å². The zero-order chi connectivity index (χ0) is 25.9.